The molecule has 0 saturated heterocycles. The summed E-state index contributed by atoms with van der Waals surface area (Å²) in [4.78, 5) is 29.7. The van der Waals surface area contributed by atoms with Crippen molar-refractivity contribution in [3.63, 3.8) is 0 Å². The molecule has 4 aromatic rings. The molecule has 240 valence electrons. The van der Waals surface area contributed by atoms with Gasteiger partial charge in [0.1, 0.15) is 24.2 Å². The zero-order chi connectivity index (χ0) is 32.5. The third-order valence-corrected chi connectivity index (χ3v) is 10.0. The van der Waals surface area contributed by atoms with E-state index in [0.717, 1.165) is 54.1 Å². The fourth-order valence-electron chi connectivity index (χ4n) is 5.76. The van der Waals surface area contributed by atoms with Gasteiger partial charge in [-0.05, 0) is 60.9 Å². The number of benzene rings is 4. The van der Waals surface area contributed by atoms with E-state index in [-0.39, 0.29) is 41.1 Å². The highest BCUT2D eigenvalue weighted by Gasteiger charge is 2.35. The van der Waals surface area contributed by atoms with Gasteiger partial charge in [0.05, 0.1) is 10.6 Å². The molecule has 1 N–H and O–H groups in total. The summed E-state index contributed by atoms with van der Waals surface area (Å²) in [5.41, 5.74) is 1.03. The molecule has 10 heteroatoms. The van der Waals surface area contributed by atoms with Crippen molar-refractivity contribution in [3.8, 4) is 0 Å². The summed E-state index contributed by atoms with van der Waals surface area (Å²) in [6, 6.07) is 26.4. The van der Waals surface area contributed by atoms with Gasteiger partial charge in [0.25, 0.3) is 10.0 Å². The number of rotatable bonds is 12. The van der Waals surface area contributed by atoms with Crippen LogP contribution in [0.1, 0.15) is 43.2 Å². The Bertz CT molecular complexity index is 1720. The lowest BCUT2D eigenvalue weighted by Crippen LogP contribution is -2.55. The van der Waals surface area contributed by atoms with Crippen LogP contribution in [-0.2, 0) is 32.6 Å². The first-order valence-corrected chi connectivity index (χ1v) is 16.9. The van der Waals surface area contributed by atoms with Gasteiger partial charge in [-0.2, -0.15) is 0 Å². The Labute approximate surface area is 268 Å². The number of carbonyl (C=O) groups is 2. The first-order chi connectivity index (χ1) is 22.2. The number of halogens is 2. The zero-order valence-electron chi connectivity index (χ0n) is 25.4. The first kappa shape index (κ1) is 32.8. The minimum Gasteiger partial charge on any atom is -0.352 e. The van der Waals surface area contributed by atoms with Crippen LogP contribution in [0.25, 0.3) is 0 Å². The monoisotopic (exact) mass is 645 g/mol. The topological polar surface area (TPSA) is 86.8 Å². The van der Waals surface area contributed by atoms with Gasteiger partial charge in [-0.15, -0.1) is 0 Å². The summed E-state index contributed by atoms with van der Waals surface area (Å²) < 4.78 is 57.8. The van der Waals surface area contributed by atoms with Crippen LogP contribution < -0.4 is 9.62 Å². The number of sulfonamides is 1. The number of carbonyl (C=O) groups excluding carboxylic acids is 2. The van der Waals surface area contributed by atoms with Gasteiger partial charge in [-0.25, -0.2) is 17.2 Å². The lowest BCUT2D eigenvalue weighted by atomic mass is 9.94. The molecule has 0 aromatic heterocycles. The Hall–Kier alpha value is -4.57. The van der Waals surface area contributed by atoms with Crippen molar-refractivity contribution in [2.24, 2.45) is 0 Å². The Morgan fingerprint density at radius 1 is 0.783 bits per heavy atom. The Morgan fingerprint density at radius 2 is 1.39 bits per heavy atom. The highest BCUT2D eigenvalue weighted by Crippen LogP contribution is 2.26. The Morgan fingerprint density at radius 3 is 2.04 bits per heavy atom. The van der Waals surface area contributed by atoms with Gasteiger partial charge in [-0.1, -0.05) is 86.0 Å². The molecule has 1 aliphatic carbocycles. The molecule has 1 atom stereocenters. The molecule has 1 unspecified atom stereocenters. The van der Waals surface area contributed by atoms with E-state index in [4.69, 9.17) is 0 Å². The molecule has 0 aliphatic heterocycles. The van der Waals surface area contributed by atoms with E-state index < -0.39 is 40.2 Å². The van der Waals surface area contributed by atoms with Crippen molar-refractivity contribution in [1.29, 1.82) is 0 Å². The first-order valence-electron chi connectivity index (χ1n) is 15.4. The fraction of sp³-hybridized carbons (Fsp3) is 0.278. The van der Waals surface area contributed by atoms with Gasteiger partial charge in [-0.3, -0.25) is 13.9 Å². The van der Waals surface area contributed by atoms with Crippen LogP contribution in [0, 0.1) is 11.6 Å². The second kappa shape index (κ2) is 15.1. The molecule has 0 heterocycles. The van der Waals surface area contributed by atoms with Gasteiger partial charge < -0.3 is 10.2 Å². The summed E-state index contributed by atoms with van der Waals surface area (Å²) in [5, 5.41) is 3.12. The highest BCUT2D eigenvalue weighted by molar-refractivity contribution is 7.92. The van der Waals surface area contributed by atoms with Crippen LogP contribution in [0.3, 0.4) is 0 Å². The molecule has 0 radical (unpaired) electrons. The van der Waals surface area contributed by atoms with Gasteiger partial charge in [0.2, 0.25) is 11.8 Å². The van der Waals surface area contributed by atoms with Gasteiger partial charge in [0, 0.05) is 24.6 Å². The SMILES string of the molecule is O=C(NC1CCCCC1)C(Cc1ccccc1)N(Cc1ccccc1F)C(=O)CN(c1ccc(F)cc1)S(=O)(=O)c1ccccc1. The molecule has 5 rings (SSSR count). The third kappa shape index (κ3) is 8.17. The molecule has 0 bridgehead atoms. The summed E-state index contributed by atoms with van der Waals surface area (Å²) in [5.74, 6) is -2.24. The van der Waals surface area contributed by atoms with Gasteiger partial charge in [0.15, 0.2) is 0 Å². The predicted molar refractivity (Wildman–Crippen MR) is 173 cm³/mol. The minimum absolute atomic E-state index is 0.0564. The average Bonchev–Trinajstić information content (AvgIpc) is 3.07. The number of amides is 2. The van der Waals surface area contributed by atoms with E-state index in [1.165, 1.54) is 47.4 Å². The largest absolute Gasteiger partial charge is 0.352 e. The van der Waals surface area contributed by atoms with Crippen molar-refractivity contribution < 1.29 is 26.8 Å². The maximum atomic E-state index is 15.1. The molecule has 4 aromatic carbocycles. The average molecular weight is 646 g/mol. The second-order valence-corrected chi connectivity index (χ2v) is 13.3. The quantitative estimate of drug-likeness (QED) is 0.197. The van der Waals surface area contributed by atoms with Crippen LogP contribution >= 0.6 is 0 Å². The molecule has 1 fully saturated rings. The molecular formula is C36H37F2N3O4S. The maximum absolute atomic E-state index is 15.1. The van der Waals surface area contributed by atoms with Crippen LogP contribution in [-0.4, -0.2) is 43.8 Å². The van der Waals surface area contributed by atoms with Crippen molar-refractivity contribution in [1.82, 2.24) is 10.2 Å². The number of hydrogen-bond acceptors (Lipinski definition) is 4. The lowest BCUT2D eigenvalue weighted by Gasteiger charge is -2.35. The van der Waals surface area contributed by atoms with Crippen LogP contribution in [0.5, 0.6) is 0 Å². The summed E-state index contributed by atoms with van der Waals surface area (Å²) in [7, 11) is -4.32. The molecule has 1 saturated carbocycles. The molecule has 1 aliphatic rings. The number of nitrogens with one attached hydrogen (secondary N) is 1. The fourth-order valence-corrected chi connectivity index (χ4v) is 7.20. The predicted octanol–water partition coefficient (Wildman–Crippen LogP) is 6.25. The lowest BCUT2D eigenvalue weighted by molar-refractivity contribution is -0.140. The zero-order valence-corrected chi connectivity index (χ0v) is 26.2. The van der Waals surface area contributed by atoms with E-state index in [9.17, 15) is 22.4 Å². The third-order valence-electron chi connectivity index (χ3n) is 8.25. The maximum Gasteiger partial charge on any atom is 0.264 e. The van der Waals surface area contributed by atoms with E-state index in [2.05, 4.69) is 5.32 Å². The van der Waals surface area contributed by atoms with E-state index in [1.807, 2.05) is 30.3 Å². The molecular weight excluding hydrogens is 608 g/mol. The summed E-state index contributed by atoms with van der Waals surface area (Å²) >= 11 is 0. The second-order valence-electron chi connectivity index (χ2n) is 11.5. The Kier molecular flexibility index (Phi) is 10.8. The smallest absolute Gasteiger partial charge is 0.264 e. The highest BCUT2D eigenvalue weighted by atomic mass is 32.2. The van der Waals surface area contributed by atoms with Crippen LogP contribution in [0.15, 0.2) is 114 Å². The van der Waals surface area contributed by atoms with E-state index in [1.54, 1.807) is 24.3 Å². The molecule has 7 nitrogen and oxygen atoms in total. The molecule has 0 spiro atoms. The van der Waals surface area contributed by atoms with Crippen molar-refractivity contribution in [2.75, 3.05) is 10.8 Å². The van der Waals surface area contributed by atoms with Crippen molar-refractivity contribution in [3.05, 3.63) is 132 Å². The van der Waals surface area contributed by atoms with Crippen molar-refractivity contribution >= 4 is 27.5 Å². The molecule has 2 amide bonds. The summed E-state index contributed by atoms with van der Waals surface area (Å²) in [6.45, 7) is -0.983. The van der Waals surface area contributed by atoms with Crippen LogP contribution in [0.2, 0.25) is 0 Å². The summed E-state index contributed by atoms with van der Waals surface area (Å²) in [6.07, 6.45) is 4.82. The minimum atomic E-state index is -4.32. The number of hydrogen-bond donors (Lipinski definition) is 1. The Balaban J connectivity index is 1.56. The van der Waals surface area contributed by atoms with E-state index >= 15 is 4.39 Å². The van der Waals surface area contributed by atoms with Gasteiger partial charge >= 0.3 is 0 Å². The number of anilines is 1. The van der Waals surface area contributed by atoms with E-state index in [0.29, 0.717) is 0 Å². The number of nitrogens with zero attached hydrogens (tertiary/aromatic N) is 2. The standard InChI is InChI=1S/C36H37F2N3O4S/c37-29-20-22-31(23-21-29)41(46(44,45)32-17-8-3-9-18-32)26-35(42)40(25-28-14-10-11-19-33(28)38)34(24-27-12-4-1-5-13-27)36(43)39-30-15-6-2-7-16-30/h1,3-5,8-14,17-23,30,34H,2,6-7,15-16,24-26H2,(H,39,43). The van der Waals surface area contributed by atoms with Crippen LogP contribution in [0.4, 0.5) is 14.5 Å². The van der Waals surface area contributed by atoms with Crippen molar-refractivity contribution in [2.45, 2.75) is 62.0 Å². The molecule has 46 heavy (non-hydrogen) atoms. The normalized spacial score (nSPS) is 14.3.